The van der Waals surface area contributed by atoms with Gasteiger partial charge in [0, 0.05) is 22.4 Å². The number of benzene rings is 1. The average Bonchev–Trinajstić information content (AvgIpc) is 2.80. The van der Waals surface area contributed by atoms with Crippen molar-refractivity contribution in [2.24, 2.45) is 0 Å². The van der Waals surface area contributed by atoms with Crippen molar-refractivity contribution in [3.63, 3.8) is 0 Å². The molecule has 0 aliphatic heterocycles. The number of nitrogens with zero attached hydrogens (tertiary/aromatic N) is 2. The average molecular weight is 375 g/mol. The van der Waals surface area contributed by atoms with E-state index in [1.807, 2.05) is 18.2 Å². The second-order valence-electron chi connectivity index (χ2n) is 6.19. The number of hydrogen-bond donors (Lipinski definition) is 2. The van der Waals surface area contributed by atoms with Gasteiger partial charge < -0.3 is 10.6 Å². The molecular formula is C18H23BrN4. The molecule has 23 heavy (non-hydrogen) atoms. The molecule has 1 aromatic carbocycles. The largest absolute Gasteiger partial charge is 0.367 e. The van der Waals surface area contributed by atoms with E-state index in [0.717, 1.165) is 16.0 Å². The van der Waals surface area contributed by atoms with E-state index in [2.05, 4.69) is 49.5 Å². The predicted octanol–water partition coefficient (Wildman–Crippen LogP) is 5.43. The monoisotopic (exact) mass is 374 g/mol. The maximum Gasteiger partial charge on any atom is 0.229 e. The van der Waals surface area contributed by atoms with Crippen molar-refractivity contribution >= 4 is 33.4 Å². The predicted molar refractivity (Wildman–Crippen MR) is 99.3 cm³/mol. The Morgan fingerprint density at radius 3 is 2.61 bits per heavy atom. The van der Waals surface area contributed by atoms with Crippen LogP contribution in [-0.4, -0.2) is 16.0 Å². The molecule has 1 aromatic heterocycles. The summed E-state index contributed by atoms with van der Waals surface area (Å²) >= 11 is 3.55. The Balaban J connectivity index is 1.67. The highest BCUT2D eigenvalue weighted by Crippen LogP contribution is 2.23. The minimum atomic E-state index is 0.536. The van der Waals surface area contributed by atoms with E-state index in [1.165, 1.54) is 44.1 Å². The summed E-state index contributed by atoms with van der Waals surface area (Å²) in [6, 6.07) is 8.63. The Kier molecular flexibility index (Phi) is 5.49. The molecule has 0 atom stereocenters. The second-order valence-corrected chi connectivity index (χ2v) is 7.04. The Bertz CT molecular complexity index is 651. The van der Waals surface area contributed by atoms with Crippen molar-refractivity contribution in [3.05, 3.63) is 40.5 Å². The molecular weight excluding hydrogens is 352 g/mol. The van der Waals surface area contributed by atoms with Gasteiger partial charge in [0.2, 0.25) is 5.95 Å². The maximum atomic E-state index is 4.60. The van der Waals surface area contributed by atoms with Crippen LogP contribution in [0.5, 0.6) is 0 Å². The van der Waals surface area contributed by atoms with Gasteiger partial charge >= 0.3 is 0 Å². The van der Waals surface area contributed by atoms with Crippen molar-refractivity contribution in [2.75, 3.05) is 10.6 Å². The first-order chi connectivity index (χ1) is 11.2. The number of halogens is 1. The number of hydrogen-bond acceptors (Lipinski definition) is 4. The highest BCUT2D eigenvalue weighted by Gasteiger charge is 2.12. The summed E-state index contributed by atoms with van der Waals surface area (Å²) in [4.78, 5) is 8.92. The molecule has 0 spiro atoms. The SMILES string of the molecule is Cc1ccc(Nc2nccc(NC3CCCCCC3)n2)cc1Br. The van der Waals surface area contributed by atoms with Crippen LogP contribution in [0, 0.1) is 6.92 Å². The van der Waals surface area contributed by atoms with E-state index in [-0.39, 0.29) is 0 Å². The lowest BCUT2D eigenvalue weighted by atomic mass is 10.1. The molecule has 2 N–H and O–H groups in total. The summed E-state index contributed by atoms with van der Waals surface area (Å²) in [6.45, 7) is 2.07. The fourth-order valence-corrected chi connectivity index (χ4v) is 3.31. The molecule has 3 rings (SSSR count). The topological polar surface area (TPSA) is 49.8 Å². The highest BCUT2D eigenvalue weighted by molar-refractivity contribution is 9.10. The molecule has 122 valence electrons. The zero-order chi connectivity index (χ0) is 16.1. The molecule has 0 radical (unpaired) electrons. The molecule has 2 aromatic rings. The van der Waals surface area contributed by atoms with Crippen LogP contribution in [0.15, 0.2) is 34.9 Å². The van der Waals surface area contributed by atoms with Crippen LogP contribution in [-0.2, 0) is 0 Å². The molecule has 1 saturated carbocycles. The van der Waals surface area contributed by atoms with Crippen molar-refractivity contribution in [1.82, 2.24) is 9.97 Å². The van der Waals surface area contributed by atoms with Gasteiger partial charge in [-0.1, -0.05) is 47.7 Å². The third kappa shape index (κ3) is 4.67. The Morgan fingerprint density at radius 2 is 1.87 bits per heavy atom. The van der Waals surface area contributed by atoms with E-state index in [1.54, 1.807) is 6.20 Å². The fourth-order valence-electron chi connectivity index (χ4n) is 2.93. The Hall–Kier alpha value is -1.62. The van der Waals surface area contributed by atoms with Gasteiger partial charge in [-0.05, 0) is 43.5 Å². The first-order valence-corrected chi connectivity index (χ1v) is 9.13. The van der Waals surface area contributed by atoms with Crippen LogP contribution in [0.1, 0.15) is 44.1 Å². The molecule has 1 aliphatic rings. The highest BCUT2D eigenvalue weighted by atomic mass is 79.9. The van der Waals surface area contributed by atoms with Crippen LogP contribution < -0.4 is 10.6 Å². The molecule has 1 heterocycles. The molecule has 0 bridgehead atoms. The van der Waals surface area contributed by atoms with Crippen LogP contribution in [0.4, 0.5) is 17.5 Å². The lowest BCUT2D eigenvalue weighted by molar-refractivity contribution is 0.617. The summed E-state index contributed by atoms with van der Waals surface area (Å²) in [7, 11) is 0. The molecule has 0 amide bonds. The van der Waals surface area contributed by atoms with E-state index in [9.17, 15) is 0 Å². The van der Waals surface area contributed by atoms with E-state index in [4.69, 9.17) is 0 Å². The number of anilines is 3. The normalized spacial score (nSPS) is 15.9. The van der Waals surface area contributed by atoms with Crippen LogP contribution in [0.25, 0.3) is 0 Å². The molecule has 5 heteroatoms. The number of aromatic nitrogens is 2. The number of aryl methyl sites for hydroxylation is 1. The van der Waals surface area contributed by atoms with E-state index < -0.39 is 0 Å². The van der Waals surface area contributed by atoms with Crippen LogP contribution >= 0.6 is 15.9 Å². The van der Waals surface area contributed by atoms with Crippen molar-refractivity contribution in [2.45, 2.75) is 51.5 Å². The number of nitrogens with one attached hydrogen (secondary N) is 2. The Labute approximate surface area is 146 Å². The summed E-state index contributed by atoms with van der Waals surface area (Å²) in [5.41, 5.74) is 2.19. The standard InChI is InChI=1S/C18H23BrN4/c1-13-8-9-15(12-16(13)19)22-18-20-11-10-17(23-18)21-14-6-4-2-3-5-7-14/h8-12,14H,2-7H2,1H3,(H2,20,21,22,23). The Morgan fingerprint density at radius 1 is 1.09 bits per heavy atom. The summed E-state index contributed by atoms with van der Waals surface area (Å²) in [5, 5.41) is 6.84. The zero-order valence-corrected chi connectivity index (χ0v) is 15.1. The smallest absolute Gasteiger partial charge is 0.229 e. The van der Waals surface area contributed by atoms with Gasteiger partial charge in [0.1, 0.15) is 5.82 Å². The van der Waals surface area contributed by atoms with E-state index in [0.29, 0.717) is 12.0 Å². The second kappa shape index (κ2) is 7.77. The van der Waals surface area contributed by atoms with Crippen molar-refractivity contribution < 1.29 is 0 Å². The van der Waals surface area contributed by atoms with Crippen molar-refractivity contribution in [3.8, 4) is 0 Å². The molecule has 4 nitrogen and oxygen atoms in total. The molecule has 1 aliphatic carbocycles. The van der Waals surface area contributed by atoms with Crippen molar-refractivity contribution in [1.29, 1.82) is 0 Å². The minimum Gasteiger partial charge on any atom is -0.367 e. The number of rotatable bonds is 4. The van der Waals surface area contributed by atoms with Crippen LogP contribution in [0.2, 0.25) is 0 Å². The van der Waals surface area contributed by atoms with Gasteiger partial charge in [0.25, 0.3) is 0 Å². The van der Waals surface area contributed by atoms with Gasteiger partial charge in [-0.15, -0.1) is 0 Å². The fraction of sp³-hybridized carbons (Fsp3) is 0.444. The van der Waals surface area contributed by atoms with Gasteiger partial charge in [-0.2, -0.15) is 4.98 Å². The van der Waals surface area contributed by atoms with Gasteiger partial charge in [0.05, 0.1) is 0 Å². The summed E-state index contributed by atoms with van der Waals surface area (Å²) in [6.07, 6.45) is 9.61. The molecule has 0 unspecified atom stereocenters. The summed E-state index contributed by atoms with van der Waals surface area (Å²) < 4.78 is 1.08. The third-order valence-electron chi connectivity index (χ3n) is 4.29. The molecule has 1 fully saturated rings. The minimum absolute atomic E-state index is 0.536. The summed E-state index contributed by atoms with van der Waals surface area (Å²) in [5.74, 6) is 1.53. The van der Waals surface area contributed by atoms with Gasteiger partial charge in [0.15, 0.2) is 0 Å². The molecule has 0 saturated heterocycles. The van der Waals surface area contributed by atoms with Gasteiger partial charge in [-0.25, -0.2) is 4.98 Å². The van der Waals surface area contributed by atoms with Gasteiger partial charge in [-0.3, -0.25) is 0 Å². The third-order valence-corrected chi connectivity index (χ3v) is 5.15. The lowest BCUT2D eigenvalue weighted by Crippen LogP contribution is -2.19. The van der Waals surface area contributed by atoms with E-state index >= 15 is 0 Å². The lowest BCUT2D eigenvalue weighted by Gasteiger charge is -2.17. The maximum absolute atomic E-state index is 4.60. The first kappa shape index (κ1) is 16.2. The zero-order valence-electron chi connectivity index (χ0n) is 13.5. The quantitative estimate of drug-likeness (QED) is 0.700. The first-order valence-electron chi connectivity index (χ1n) is 8.33. The van der Waals surface area contributed by atoms with Crippen LogP contribution in [0.3, 0.4) is 0 Å².